The van der Waals surface area contributed by atoms with Crippen LogP contribution in [0.2, 0.25) is 0 Å². The Hall–Kier alpha value is -1.10. The first-order valence-electron chi connectivity index (χ1n) is 5.10. The highest BCUT2D eigenvalue weighted by Crippen LogP contribution is 2.24. The van der Waals surface area contributed by atoms with E-state index in [1.807, 2.05) is 11.8 Å². The molecule has 0 saturated carbocycles. The number of carbonyl (C=O) groups is 1. The molecule has 1 aromatic heterocycles. The molecule has 15 heavy (non-hydrogen) atoms. The molecule has 1 fully saturated rings. The van der Waals surface area contributed by atoms with Crippen molar-refractivity contribution in [1.29, 1.82) is 0 Å². The van der Waals surface area contributed by atoms with Gasteiger partial charge >= 0.3 is 0 Å². The van der Waals surface area contributed by atoms with Gasteiger partial charge in [-0.2, -0.15) is 0 Å². The first-order valence-corrected chi connectivity index (χ1v) is 5.91. The molecular weight excluding hydrogens is 210 g/mol. The fourth-order valence-corrected chi connectivity index (χ4v) is 2.68. The highest BCUT2D eigenvalue weighted by Gasteiger charge is 2.26. The molecule has 82 valence electrons. The predicted octanol–water partition coefficient (Wildman–Crippen LogP) is 1.52. The minimum Gasteiger partial charge on any atom is -0.375 e. The van der Waals surface area contributed by atoms with Crippen molar-refractivity contribution in [1.82, 2.24) is 9.88 Å². The lowest BCUT2D eigenvalue weighted by Gasteiger charge is -2.14. The molecule has 1 aliphatic rings. The Kier molecular flexibility index (Phi) is 2.65. The van der Waals surface area contributed by atoms with E-state index in [-0.39, 0.29) is 5.91 Å². The van der Waals surface area contributed by atoms with E-state index in [9.17, 15) is 4.79 Å². The quantitative estimate of drug-likeness (QED) is 0.788. The van der Waals surface area contributed by atoms with Gasteiger partial charge in [0.15, 0.2) is 5.13 Å². The van der Waals surface area contributed by atoms with Crippen LogP contribution in [0, 0.1) is 12.8 Å². The summed E-state index contributed by atoms with van der Waals surface area (Å²) in [6, 6.07) is 0. The van der Waals surface area contributed by atoms with Crippen LogP contribution < -0.4 is 5.73 Å². The molecule has 5 heteroatoms. The van der Waals surface area contributed by atoms with Crippen LogP contribution in [0.4, 0.5) is 5.13 Å². The van der Waals surface area contributed by atoms with E-state index in [4.69, 9.17) is 5.73 Å². The number of rotatable bonds is 1. The van der Waals surface area contributed by atoms with Crippen LogP contribution in [0.1, 0.15) is 28.7 Å². The zero-order valence-electron chi connectivity index (χ0n) is 8.99. The fourth-order valence-electron chi connectivity index (χ4n) is 1.88. The van der Waals surface area contributed by atoms with E-state index in [2.05, 4.69) is 11.9 Å². The maximum Gasteiger partial charge on any atom is 0.265 e. The van der Waals surface area contributed by atoms with Crippen LogP contribution in [0.15, 0.2) is 0 Å². The molecule has 0 aromatic carbocycles. The molecule has 0 bridgehead atoms. The van der Waals surface area contributed by atoms with Gasteiger partial charge in [0, 0.05) is 13.1 Å². The molecule has 1 saturated heterocycles. The molecule has 1 unspecified atom stereocenters. The average Bonchev–Trinajstić information content (AvgIpc) is 2.71. The number of carbonyl (C=O) groups excluding carboxylic acids is 1. The maximum absolute atomic E-state index is 12.1. The lowest BCUT2D eigenvalue weighted by atomic mass is 10.2. The van der Waals surface area contributed by atoms with E-state index >= 15 is 0 Å². The molecule has 4 nitrogen and oxygen atoms in total. The number of aromatic nitrogens is 1. The number of amides is 1. The van der Waals surface area contributed by atoms with E-state index in [0.717, 1.165) is 25.2 Å². The number of hydrogen-bond acceptors (Lipinski definition) is 4. The lowest BCUT2D eigenvalue weighted by molar-refractivity contribution is 0.0792. The van der Waals surface area contributed by atoms with Crippen molar-refractivity contribution < 1.29 is 4.79 Å². The Morgan fingerprint density at radius 1 is 1.67 bits per heavy atom. The third-order valence-electron chi connectivity index (χ3n) is 2.72. The Labute approximate surface area is 93.1 Å². The molecule has 2 rings (SSSR count). The van der Waals surface area contributed by atoms with E-state index in [1.54, 1.807) is 0 Å². The van der Waals surface area contributed by atoms with Gasteiger partial charge in [-0.3, -0.25) is 4.79 Å². The summed E-state index contributed by atoms with van der Waals surface area (Å²) >= 11 is 1.29. The molecule has 1 atom stereocenters. The van der Waals surface area contributed by atoms with Crippen LogP contribution in [0.3, 0.4) is 0 Å². The largest absolute Gasteiger partial charge is 0.375 e. The Bertz CT molecular complexity index is 388. The van der Waals surface area contributed by atoms with Gasteiger partial charge in [0.25, 0.3) is 5.91 Å². The highest BCUT2D eigenvalue weighted by molar-refractivity contribution is 7.17. The second-order valence-corrected chi connectivity index (χ2v) is 5.14. The maximum atomic E-state index is 12.1. The minimum absolute atomic E-state index is 0.0889. The van der Waals surface area contributed by atoms with Gasteiger partial charge in [0.2, 0.25) is 0 Å². The van der Waals surface area contributed by atoms with Crippen molar-refractivity contribution in [2.75, 3.05) is 18.8 Å². The topological polar surface area (TPSA) is 59.2 Å². The van der Waals surface area contributed by atoms with Crippen LogP contribution >= 0.6 is 11.3 Å². The van der Waals surface area contributed by atoms with Gasteiger partial charge in [-0.15, -0.1) is 0 Å². The number of aryl methyl sites for hydroxylation is 1. The zero-order valence-corrected chi connectivity index (χ0v) is 9.80. The van der Waals surface area contributed by atoms with Gasteiger partial charge in [-0.1, -0.05) is 18.3 Å². The standard InChI is InChI=1S/C10H15N3OS/c1-6-3-4-13(5-6)9(14)8-7(2)12-10(11)15-8/h6H,3-5H2,1-2H3,(H2,11,12). The van der Waals surface area contributed by atoms with Crippen molar-refractivity contribution in [3.63, 3.8) is 0 Å². The average molecular weight is 225 g/mol. The molecule has 2 heterocycles. The zero-order chi connectivity index (χ0) is 11.0. The summed E-state index contributed by atoms with van der Waals surface area (Å²) in [5, 5.41) is 0.475. The van der Waals surface area contributed by atoms with E-state index < -0.39 is 0 Å². The number of anilines is 1. The monoisotopic (exact) mass is 225 g/mol. The van der Waals surface area contributed by atoms with Crippen molar-refractivity contribution in [3.05, 3.63) is 10.6 Å². The summed E-state index contributed by atoms with van der Waals surface area (Å²) < 4.78 is 0. The lowest BCUT2D eigenvalue weighted by Crippen LogP contribution is -2.28. The minimum atomic E-state index is 0.0889. The van der Waals surface area contributed by atoms with Gasteiger partial charge in [0.05, 0.1) is 5.69 Å². The molecule has 2 N–H and O–H groups in total. The molecule has 1 amide bonds. The number of nitrogens with zero attached hydrogens (tertiary/aromatic N) is 2. The predicted molar refractivity (Wildman–Crippen MR) is 60.9 cm³/mol. The number of nitrogens with two attached hydrogens (primary N) is 1. The molecule has 0 spiro atoms. The Morgan fingerprint density at radius 2 is 2.40 bits per heavy atom. The van der Waals surface area contributed by atoms with Crippen LogP contribution in [0.25, 0.3) is 0 Å². The number of hydrogen-bond donors (Lipinski definition) is 1. The van der Waals surface area contributed by atoms with Crippen LogP contribution in [-0.2, 0) is 0 Å². The Morgan fingerprint density at radius 3 is 2.87 bits per heavy atom. The van der Waals surface area contributed by atoms with Gasteiger partial charge < -0.3 is 10.6 Å². The molecular formula is C10H15N3OS. The summed E-state index contributed by atoms with van der Waals surface area (Å²) in [5.41, 5.74) is 6.33. The van der Waals surface area contributed by atoms with Crippen molar-refractivity contribution in [3.8, 4) is 0 Å². The molecule has 0 aliphatic carbocycles. The number of thiazole rings is 1. The second kappa shape index (κ2) is 3.81. The van der Waals surface area contributed by atoms with Crippen molar-refractivity contribution in [2.24, 2.45) is 5.92 Å². The summed E-state index contributed by atoms with van der Waals surface area (Å²) in [4.78, 5) is 18.7. The second-order valence-electron chi connectivity index (χ2n) is 4.11. The summed E-state index contributed by atoms with van der Waals surface area (Å²) in [7, 11) is 0. The first kappa shape index (κ1) is 10.4. The number of likely N-dealkylation sites (tertiary alicyclic amines) is 1. The Balaban J connectivity index is 2.17. The summed E-state index contributed by atoms with van der Waals surface area (Å²) in [5.74, 6) is 0.700. The van der Waals surface area contributed by atoms with Crippen LogP contribution in [0.5, 0.6) is 0 Å². The van der Waals surface area contributed by atoms with Crippen molar-refractivity contribution >= 4 is 22.4 Å². The van der Waals surface area contributed by atoms with Gasteiger partial charge in [-0.05, 0) is 19.3 Å². The molecule has 1 aliphatic heterocycles. The highest BCUT2D eigenvalue weighted by atomic mass is 32.1. The number of nitrogen functional groups attached to an aromatic ring is 1. The fraction of sp³-hybridized carbons (Fsp3) is 0.600. The third kappa shape index (κ3) is 1.97. The summed E-state index contributed by atoms with van der Waals surface area (Å²) in [6.07, 6.45) is 1.10. The van der Waals surface area contributed by atoms with Crippen molar-refractivity contribution in [2.45, 2.75) is 20.3 Å². The van der Waals surface area contributed by atoms with E-state index in [0.29, 0.717) is 15.9 Å². The SMILES string of the molecule is Cc1nc(N)sc1C(=O)N1CCC(C)C1. The van der Waals surface area contributed by atoms with Gasteiger partial charge in [-0.25, -0.2) is 4.98 Å². The van der Waals surface area contributed by atoms with E-state index in [1.165, 1.54) is 11.3 Å². The molecule has 1 aromatic rings. The smallest absolute Gasteiger partial charge is 0.265 e. The third-order valence-corrected chi connectivity index (χ3v) is 3.69. The summed E-state index contributed by atoms with van der Waals surface area (Å²) in [6.45, 7) is 5.72. The molecule has 0 radical (unpaired) electrons. The normalized spacial score (nSPS) is 20.9. The first-order chi connectivity index (χ1) is 7.08. The van der Waals surface area contributed by atoms with Crippen LogP contribution in [-0.4, -0.2) is 28.9 Å². The van der Waals surface area contributed by atoms with Gasteiger partial charge in [0.1, 0.15) is 4.88 Å².